The van der Waals surface area contributed by atoms with Crippen LogP contribution in [0.3, 0.4) is 0 Å². The number of amides is 1. The molecule has 1 aliphatic rings. The topological polar surface area (TPSA) is 175 Å². The van der Waals surface area contributed by atoms with Gasteiger partial charge in [0.15, 0.2) is 6.29 Å². The second-order valence-corrected chi connectivity index (χ2v) is 21.4. The summed E-state index contributed by atoms with van der Waals surface area (Å²) in [5.41, 5.74) is 0. The van der Waals surface area contributed by atoms with E-state index in [1.165, 1.54) is 173 Å². The van der Waals surface area contributed by atoms with Crippen LogP contribution in [0.1, 0.15) is 277 Å². The van der Waals surface area contributed by atoms with Crippen molar-refractivity contribution in [1.29, 1.82) is 0 Å². The van der Waals surface area contributed by atoms with Crippen LogP contribution in [-0.4, -0.2) is 100 Å². The molecule has 0 spiro atoms. The molecule has 6 N–H and O–H groups in total. The van der Waals surface area contributed by atoms with Crippen LogP contribution < -0.4 is 5.32 Å². The van der Waals surface area contributed by atoms with Crippen LogP contribution in [0, 0.1) is 0 Å². The molecule has 0 radical (unpaired) electrons. The van der Waals surface area contributed by atoms with Gasteiger partial charge in [0.2, 0.25) is 5.91 Å². The molecule has 0 aromatic carbocycles. The average Bonchev–Trinajstić information content (AvgIpc) is 3.40. The van der Waals surface area contributed by atoms with Crippen molar-refractivity contribution in [2.75, 3.05) is 19.8 Å². The number of esters is 1. The number of unbranched alkanes of at least 4 members (excludes halogenated alkanes) is 33. The molecule has 11 heteroatoms. The molecule has 7 atom stereocenters. The molecule has 1 saturated heterocycles. The quantitative estimate of drug-likeness (QED) is 0.0195. The lowest BCUT2D eigenvalue weighted by molar-refractivity contribution is -0.302. The van der Waals surface area contributed by atoms with Gasteiger partial charge in [0.25, 0.3) is 0 Å². The molecule has 74 heavy (non-hydrogen) atoms. The molecule has 0 saturated carbocycles. The molecule has 11 nitrogen and oxygen atoms in total. The Morgan fingerprint density at radius 2 is 0.892 bits per heavy atom. The third-order valence-corrected chi connectivity index (χ3v) is 14.4. The third kappa shape index (κ3) is 41.7. The number of aliphatic hydroxyl groups is 5. The number of hydrogen-bond acceptors (Lipinski definition) is 10. The molecule has 1 fully saturated rings. The molecule has 1 rings (SSSR count). The SMILES string of the molecule is CCCC/C=C\CCCCCCCC(=O)OCCCCCCCCCCCCC/C=C\CCCCCCCCCC(=O)NC(COC1OC(CO)C(O)C(O)C1O)C(O)/C=C/CC/C=C/CCCCCCCCC. The zero-order valence-electron chi connectivity index (χ0n) is 47.6. The van der Waals surface area contributed by atoms with Crippen LogP contribution in [0.15, 0.2) is 48.6 Å². The van der Waals surface area contributed by atoms with Crippen molar-refractivity contribution >= 4 is 11.9 Å². The largest absolute Gasteiger partial charge is 0.466 e. The van der Waals surface area contributed by atoms with Crippen molar-refractivity contribution in [1.82, 2.24) is 5.32 Å². The fourth-order valence-corrected chi connectivity index (χ4v) is 9.43. The second-order valence-electron chi connectivity index (χ2n) is 21.4. The molecule has 432 valence electrons. The average molecular weight is 1050 g/mol. The van der Waals surface area contributed by atoms with Gasteiger partial charge in [-0.3, -0.25) is 9.59 Å². The van der Waals surface area contributed by atoms with Crippen molar-refractivity contribution in [3.05, 3.63) is 48.6 Å². The highest BCUT2D eigenvalue weighted by Crippen LogP contribution is 2.23. The molecular formula is C63H115NO10. The Kier molecular flexibility index (Phi) is 49.6. The Morgan fingerprint density at radius 1 is 0.486 bits per heavy atom. The normalized spacial score (nSPS) is 19.1. The second kappa shape index (κ2) is 52.7. The molecular weight excluding hydrogens is 931 g/mol. The molecule has 0 bridgehead atoms. The Hall–Kier alpha value is -2.38. The summed E-state index contributed by atoms with van der Waals surface area (Å²) in [6.45, 7) is 4.27. The number of aliphatic hydroxyl groups excluding tert-OH is 5. The summed E-state index contributed by atoms with van der Waals surface area (Å²) >= 11 is 0. The zero-order valence-corrected chi connectivity index (χ0v) is 47.6. The van der Waals surface area contributed by atoms with Crippen LogP contribution in [0.5, 0.6) is 0 Å². The minimum Gasteiger partial charge on any atom is -0.466 e. The van der Waals surface area contributed by atoms with E-state index >= 15 is 0 Å². The first-order valence-electron chi connectivity index (χ1n) is 30.9. The van der Waals surface area contributed by atoms with Crippen molar-refractivity contribution in [2.24, 2.45) is 0 Å². The minimum absolute atomic E-state index is 0.0145. The van der Waals surface area contributed by atoms with E-state index in [-0.39, 0.29) is 18.5 Å². The number of nitrogens with one attached hydrogen (secondary N) is 1. The van der Waals surface area contributed by atoms with Gasteiger partial charge in [0.1, 0.15) is 24.4 Å². The van der Waals surface area contributed by atoms with E-state index in [4.69, 9.17) is 14.2 Å². The van der Waals surface area contributed by atoms with E-state index in [0.717, 1.165) is 77.0 Å². The van der Waals surface area contributed by atoms with E-state index in [2.05, 4.69) is 55.6 Å². The smallest absolute Gasteiger partial charge is 0.305 e. The van der Waals surface area contributed by atoms with Crippen LogP contribution in [0.25, 0.3) is 0 Å². The van der Waals surface area contributed by atoms with Crippen LogP contribution in [0.4, 0.5) is 0 Å². The summed E-state index contributed by atoms with van der Waals surface area (Å²) in [5.74, 6) is -0.214. The van der Waals surface area contributed by atoms with Gasteiger partial charge < -0.3 is 45.1 Å². The molecule has 1 amide bonds. The predicted octanol–water partition coefficient (Wildman–Crippen LogP) is 14.5. The molecule has 0 aromatic heterocycles. The molecule has 0 aliphatic carbocycles. The summed E-state index contributed by atoms with van der Waals surface area (Å²) in [6, 6.07) is -0.833. The van der Waals surface area contributed by atoms with Crippen LogP contribution in [-0.2, 0) is 23.8 Å². The number of carbonyl (C=O) groups excluding carboxylic acids is 2. The third-order valence-electron chi connectivity index (χ3n) is 14.4. The Balaban J connectivity index is 2.08. The van der Waals surface area contributed by atoms with Gasteiger partial charge in [0, 0.05) is 12.8 Å². The number of ether oxygens (including phenoxy) is 3. The highest BCUT2D eigenvalue weighted by Gasteiger charge is 2.44. The zero-order chi connectivity index (χ0) is 53.8. The first-order valence-corrected chi connectivity index (χ1v) is 30.9. The van der Waals surface area contributed by atoms with Crippen molar-refractivity contribution < 1.29 is 49.3 Å². The van der Waals surface area contributed by atoms with Crippen molar-refractivity contribution in [3.8, 4) is 0 Å². The van der Waals surface area contributed by atoms with Crippen LogP contribution in [0.2, 0.25) is 0 Å². The number of carbonyl (C=O) groups is 2. The minimum atomic E-state index is -1.58. The number of hydrogen-bond donors (Lipinski definition) is 6. The summed E-state index contributed by atoms with van der Waals surface area (Å²) in [6.07, 6.45) is 56.4. The maximum absolute atomic E-state index is 13.0. The van der Waals surface area contributed by atoms with Gasteiger partial charge in [-0.05, 0) is 89.9 Å². The Labute approximate surface area is 453 Å². The molecule has 7 unspecified atom stereocenters. The number of rotatable bonds is 53. The molecule has 1 aliphatic heterocycles. The van der Waals surface area contributed by atoms with Crippen LogP contribution >= 0.6 is 0 Å². The fourth-order valence-electron chi connectivity index (χ4n) is 9.43. The van der Waals surface area contributed by atoms with Crippen molar-refractivity contribution in [2.45, 2.75) is 320 Å². The van der Waals surface area contributed by atoms with E-state index in [1.807, 2.05) is 6.08 Å². The molecule has 1 heterocycles. The maximum Gasteiger partial charge on any atom is 0.305 e. The van der Waals surface area contributed by atoms with Gasteiger partial charge in [-0.25, -0.2) is 0 Å². The highest BCUT2D eigenvalue weighted by molar-refractivity contribution is 5.76. The van der Waals surface area contributed by atoms with E-state index in [0.29, 0.717) is 19.4 Å². The predicted molar refractivity (Wildman–Crippen MR) is 306 cm³/mol. The molecule has 0 aromatic rings. The Morgan fingerprint density at radius 3 is 1.38 bits per heavy atom. The first-order chi connectivity index (χ1) is 36.2. The standard InChI is InChI=1S/C63H115NO10/c1-3-5-7-9-11-13-15-26-30-33-37-41-45-49-56(66)55(54-73-63-62(71)61(70)60(69)57(53-65)74-63)64-58(67)50-46-42-38-34-31-27-24-22-20-18-16-17-19-21-23-25-28-32-36-40-44-48-52-72-59(68)51-47-43-39-35-29-14-12-10-8-6-4-2/h10,12,18,20,30,33,45,49,55-57,60-63,65-66,69-71H,3-9,11,13-17,19,21-29,31-32,34-44,46-48,50-54H2,1-2H3,(H,64,67)/b12-10-,20-18-,33-30+,49-45+. The van der Waals surface area contributed by atoms with E-state index in [9.17, 15) is 35.1 Å². The fraction of sp³-hybridized carbons (Fsp3) is 0.841. The summed E-state index contributed by atoms with van der Waals surface area (Å²) in [5, 5.41) is 54.4. The van der Waals surface area contributed by atoms with Gasteiger partial charge in [0.05, 0.1) is 32.0 Å². The monoisotopic (exact) mass is 1050 g/mol. The summed E-state index contributed by atoms with van der Waals surface area (Å²) < 4.78 is 16.7. The summed E-state index contributed by atoms with van der Waals surface area (Å²) in [7, 11) is 0. The van der Waals surface area contributed by atoms with Gasteiger partial charge in [-0.2, -0.15) is 0 Å². The lowest BCUT2D eigenvalue weighted by atomic mass is 9.99. The van der Waals surface area contributed by atoms with Crippen molar-refractivity contribution in [3.63, 3.8) is 0 Å². The van der Waals surface area contributed by atoms with E-state index in [1.54, 1.807) is 6.08 Å². The lowest BCUT2D eigenvalue weighted by Gasteiger charge is -2.40. The Bertz CT molecular complexity index is 1370. The van der Waals surface area contributed by atoms with Gasteiger partial charge in [-0.15, -0.1) is 0 Å². The van der Waals surface area contributed by atoms with Gasteiger partial charge >= 0.3 is 5.97 Å². The van der Waals surface area contributed by atoms with Gasteiger partial charge in [-0.1, -0.05) is 223 Å². The van der Waals surface area contributed by atoms with E-state index < -0.39 is 49.5 Å². The summed E-state index contributed by atoms with van der Waals surface area (Å²) in [4.78, 5) is 25.0. The maximum atomic E-state index is 13.0. The first kappa shape index (κ1) is 69.6. The highest BCUT2D eigenvalue weighted by atomic mass is 16.7. The lowest BCUT2D eigenvalue weighted by Crippen LogP contribution is -2.60. The number of allylic oxidation sites excluding steroid dienone is 7.